The van der Waals surface area contributed by atoms with E-state index in [2.05, 4.69) is 21.5 Å². The molecule has 2 aromatic heterocycles. The predicted octanol–water partition coefficient (Wildman–Crippen LogP) is 4.12. The van der Waals surface area contributed by atoms with Gasteiger partial charge < -0.3 is 14.8 Å². The standard InChI is InChI=1S/C29H26FN5O4/c30-22-9-6-20(7-10-22)8-13-26(36)34-28-24-11-12-25(35(24)33-19-32-28)29(18-31)15-14-23(39-29)17-38-27(37)16-21-4-2-1-3-5-21/h1-7,9-12,19,23H,8,13-17H2,(H,32,33,34,36)/t23-,29-/m0/s1. The molecule has 3 heterocycles. The third kappa shape index (κ3) is 5.94. The highest BCUT2D eigenvalue weighted by Crippen LogP contribution is 2.40. The van der Waals surface area contributed by atoms with E-state index in [1.807, 2.05) is 30.3 Å². The van der Waals surface area contributed by atoms with E-state index in [1.165, 1.54) is 23.0 Å². The third-order valence-corrected chi connectivity index (χ3v) is 6.67. The minimum atomic E-state index is -1.29. The molecule has 0 radical (unpaired) electrons. The van der Waals surface area contributed by atoms with Crippen molar-refractivity contribution in [2.24, 2.45) is 0 Å². The van der Waals surface area contributed by atoms with Crippen molar-refractivity contribution in [1.82, 2.24) is 14.6 Å². The summed E-state index contributed by atoms with van der Waals surface area (Å²) in [6.45, 7) is 0.0444. The van der Waals surface area contributed by atoms with Crippen molar-refractivity contribution in [2.45, 2.75) is 43.8 Å². The summed E-state index contributed by atoms with van der Waals surface area (Å²) < 4.78 is 26.2. The second-order valence-electron chi connectivity index (χ2n) is 9.36. The Morgan fingerprint density at radius 1 is 1.13 bits per heavy atom. The van der Waals surface area contributed by atoms with Crippen LogP contribution in [0.4, 0.5) is 10.2 Å². The first kappa shape index (κ1) is 26.0. The van der Waals surface area contributed by atoms with Crippen molar-refractivity contribution in [2.75, 3.05) is 11.9 Å². The number of anilines is 1. The number of carbonyl (C=O) groups is 2. The molecule has 4 aromatic rings. The summed E-state index contributed by atoms with van der Waals surface area (Å²) in [4.78, 5) is 29.1. The number of carbonyl (C=O) groups excluding carboxylic acids is 2. The lowest BCUT2D eigenvalue weighted by Gasteiger charge is -2.21. The van der Waals surface area contributed by atoms with Crippen molar-refractivity contribution in [3.8, 4) is 6.07 Å². The number of hydrogen-bond donors (Lipinski definition) is 1. The van der Waals surface area contributed by atoms with Crippen LogP contribution in [0.2, 0.25) is 0 Å². The monoisotopic (exact) mass is 527 g/mol. The average Bonchev–Trinajstić information content (AvgIpc) is 3.58. The number of amides is 1. The van der Waals surface area contributed by atoms with Crippen molar-refractivity contribution in [1.29, 1.82) is 5.26 Å². The second kappa shape index (κ2) is 11.4. The molecule has 1 fully saturated rings. The van der Waals surface area contributed by atoms with Gasteiger partial charge in [-0.15, -0.1) is 0 Å². The zero-order chi connectivity index (χ0) is 27.2. The SMILES string of the molecule is N#C[C@]1(c2ccc3c(NC(=O)CCc4ccc(F)cc4)ncnn23)CC[C@@H](COC(=O)Cc2ccccc2)O1. The maximum atomic E-state index is 13.1. The molecule has 10 heteroatoms. The number of ether oxygens (including phenoxy) is 2. The smallest absolute Gasteiger partial charge is 0.310 e. The molecule has 0 bridgehead atoms. The molecule has 198 valence electrons. The van der Waals surface area contributed by atoms with Gasteiger partial charge in [0, 0.05) is 6.42 Å². The Labute approximate surface area is 224 Å². The van der Waals surface area contributed by atoms with Gasteiger partial charge in [-0.2, -0.15) is 10.4 Å². The Balaban J connectivity index is 1.23. The fourth-order valence-corrected chi connectivity index (χ4v) is 4.65. The fourth-order valence-electron chi connectivity index (χ4n) is 4.65. The average molecular weight is 528 g/mol. The molecule has 0 spiro atoms. The predicted molar refractivity (Wildman–Crippen MR) is 139 cm³/mol. The Morgan fingerprint density at radius 2 is 1.92 bits per heavy atom. The van der Waals surface area contributed by atoms with Crippen LogP contribution in [0.5, 0.6) is 0 Å². The molecule has 1 amide bonds. The molecule has 1 saturated heterocycles. The minimum absolute atomic E-state index is 0.0444. The van der Waals surface area contributed by atoms with Crippen LogP contribution in [-0.2, 0) is 37.5 Å². The normalized spacial score (nSPS) is 18.5. The summed E-state index contributed by atoms with van der Waals surface area (Å²) in [6, 6.07) is 21.0. The van der Waals surface area contributed by atoms with Gasteiger partial charge in [-0.1, -0.05) is 42.5 Å². The van der Waals surface area contributed by atoms with Crippen LogP contribution >= 0.6 is 0 Å². The Hall–Kier alpha value is -4.62. The lowest BCUT2D eigenvalue weighted by molar-refractivity contribution is -0.148. The van der Waals surface area contributed by atoms with Gasteiger partial charge in [-0.25, -0.2) is 13.9 Å². The van der Waals surface area contributed by atoms with E-state index in [4.69, 9.17) is 9.47 Å². The van der Waals surface area contributed by atoms with Gasteiger partial charge in [0.15, 0.2) is 11.4 Å². The van der Waals surface area contributed by atoms with Crippen LogP contribution in [0.3, 0.4) is 0 Å². The lowest BCUT2D eigenvalue weighted by Crippen LogP contribution is -2.29. The molecule has 39 heavy (non-hydrogen) atoms. The molecular formula is C29H26FN5O4. The van der Waals surface area contributed by atoms with E-state index in [9.17, 15) is 19.2 Å². The molecular weight excluding hydrogens is 501 g/mol. The van der Waals surface area contributed by atoms with Crippen molar-refractivity contribution in [3.05, 3.63) is 95.7 Å². The van der Waals surface area contributed by atoms with Crippen LogP contribution in [0, 0.1) is 17.1 Å². The Bertz CT molecular complexity index is 1520. The first-order valence-electron chi connectivity index (χ1n) is 12.6. The number of nitrogens with one attached hydrogen (secondary N) is 1. The Morgan fingerprint density at radius 3 is 2.69 bits per heavy atom. The van der Waals surface area contributed by atoms with Gasteiger partial charge in [0.1, 0.15) is 30.3 Å². The number of hydrogen-bond acceptors (Lipinski definition) is 7. The molecule has 1 aliphatic heterocycles. The quantitative estimate of drug-likeness (QED) is 0.325. The highest BCUT2D eigenvalue weighted by molar-refractivity contribution is 5.93. The number of nitrogens with zero attached hydrogens (tertiary/aromatic N) is 4. The van der Waals surface area contributed by atoms with Gasteiger partial charge >= 0.3 is 5.97 Å². The van der Waals surface area contributed by atoms with Gasteiger partial charge in [0.2, 0.25) is 5.91 Å². The molecule has 1 aliphatic rings. The van der Waals surface area contributed by atoms with Gasteiger partial charge in [-0.3, -0.25) is 9.59 Å². The maximum Gasteiger partial charge on any atom is 0.310 e. The van der Waals surface area contributed by atoms with Crippen LogP contribution in [0.1, 0.15) is 36.1 Å². The maximum absolute atomic E-state index is 13.1. The van der Waals surface area contributed by atoms with Gasteiger partial charge in [-0.05, 0) is 54.7 Å². The summed E-state index contributed by atoms with van der Waals surface area (Å²) in [5, 5.41) is 17.2. The Kier molecular flexibility index (Phi) is 7.61. The van der Waals surface area contributed by atoms with Gasteiger partial charge in [0.25, 0.3) is 0 Å². The van der Waals surface area contributed by atoms with Crippen LogP contribution in [0.25, 0.3) is 5.52 Å². The fraction of sp³-hybridized carbons (Fsp3) is 0.276. The molecule has 0 unspecified atom stereocenters. The summed E-state index contributed by atoms with van der Waals surface area (Å²) >= 11 is 0. The largest absolute Gasteiger partial charge is 0.463 e. The van der Waals surface area contributed by atoms with Crippen LogP contribution in [0.15, 0.2) is 73.1 Å². The number of nitriles is 1. The van der Waals surface area contributed by atoms with E-state index in [-0.39, 0.29) is 37.1 Å². The number of halogens is 1. The van der Waals surface area contributed by atoms with Crippen LogP contribution in [-0.4, -0.2) is 39.2 Å². The van der Waals surface area contributed by atoms with E-state index >= 15 is 0 Å². The lowest BCUT2D eigenvalue weighted by atomic mass is 9.98. The number of rotatable bonds is 9. The number of benzene rings is 2. The summed E-state index contributed by atoms with van der Waals surface area (Å²) in [6.07, 6.45) is 2.57. The first-order chi connectivity index (χ1) is 19.0. The highest BCUT2D eigenvalue weighted by atomic mass is 19.1. The van der Waals surface area contributed by atoms with Crippen molar-refractivity contribution < 1.29 is 23.5 Å². The van der Waals surface area contributed by atoms with Crippen LogP contribution < -0.4 is 5.32 Å². The summed E-state index contributed by atoms with van der Waals surface area (Å²) in [5.41, 5.74) is 1.43. The van der Waals surface area contributed by atoms with E-state index < -0.39 is 11.7 Å². The van der Waals surface area contributed by atoms with E-state index in [0.29, 0.717) is 36.3 Å². The third-order valence-electron chi connectivity index (χ3n) is 6.67. The molecule has 5 rings (SSSR count). The zero-order valence-electron chi connectivity index (χ0n) is 21.0. The van der Waals surface area contributed by atoms with Crippen molar-refractivity contribution in [3.63, 3.8) is 0 Å². The molecule has 1 N–H and O–H groups in total. The summed E-state index contributed by atoms with van der Waals surface area (Å²) in [5.74, 6) is -0.641. The number of fused-ring (bicyclic) bond motifs is 1. The van der Waals surface area contributed by atoms with Crippen molar-refractivity contribution >= 4 is 23.2 Å². The highest BCUT2D eigenvalue weighted by Gasteiger charge is 2.45. The molecule has 2 atom stereocenters. The topological polar surface area (TPSA) is 119 Å². The molecule has 0 saturated carbocycles. The van der Waals surface area contributed by atoms with Gasteiger partial charge in [0.05, 0.1) is 18.2 Å². The first-order valence-corrected chi connectivity index (χ1v) is 12.6. The molecule has 9 nitrogen and oxygen atoms in total. The van der Waals surface area contributed by atoms with E-state index in [0.717, 1.165) is 11.1 Å². The molecule has 0 aliphatic carbocycles. The molecule has 2 aromatic carbocycles. The number of aromatic nitrogens is 3. The second-order valence-corrected chi connectivity index (χ2v) is 9.36. The minimum Gasteiger partial charge on any atom is -0.463 e. The zero-order valence-corrected chi connectivity index (χ0v) is 21.0. The summed E-state index contributed by atoms with van der Waals surface area (Å²) in [7, 11) is 0. The number of aryl methyl sites for hydroxylation is 1. The number of esters is 1. The van der Waals surface area contributed by atoms with E-state index in [1.54, 1.807) is 24.3 Å².